The SMILES string of the molecule is O=C1CN2C(=O)CC=CC=C2O1. The van der Waals surface area contributed by atoms with Crippen LogP contribution in [0.4, 0.5) is 0 Å². The first-order valence-corrected chi connectivity index (χ1v) is 3.65. The van der Waals surface area contributed by atoms with Gasteiger partial charge in [0.25, 0.3) is 0 Å². The molecule has 0 N–H and O–H groups in total. The zero-order valence-corrected chi connectivity index (χ0v) is 6.32. The number of ether oxygens (including phenoxy) is 1. The maximum atomic E-state index is 11.2. The van der Waals surface area contributed by atoms with Crippen molar-refractivity contribution in [1.29, 1.82) is 0 Å². The molecule has 0 bridgehead atoms. The second-order valence-corrected chi connectivity index (χ2v) is 2.59. The molecule has 0 radical (unpaired) electrons. The summed E-state index contributed by atoms with van der Waals surface area (Å²) < 4.78 is 4.79. The summed E-state index contributed by atoms with van der Waals surface area (Å²) >= 11 is 0. The van der Waals surface area contributed by atoms with E-state index in [2.05, 4.69) is 0 Å². The summed E-state index contributed by atoms with van der Waals surface area (Å²) in [6.07, 6.45) is 5.40. The Labute approximate surface area is 69.1 Å². The third kappa shape index (κ3) is 1.01. The van der Waals surface area contributed by atoms with Crippen LogP contribution < -0.4 is 0 Å². The van der Waals surface area contributed by atoms with Gasteiger partial charge in [-0.25, -0.2) is 4.79 Å². The van der Waals surface area contributed by atoms with E-state index in [1.807, 2.05) is 0 Å². The zero-order chi connectivity index (χ0) is 8.55. The summed E-state index contributed by atoms with van der Waals surface area (Å²) in [4.78, 5) is 23.4. The summed E-state index contributed by atoms with van der Waals surface area (Å²) in [7, 11) is 0. The maximum absolute atomic E-state index is 11.2. The van der Waals surface area contributed by atoms with Crippen LogP contribution in [0, 0.1) is 0 Å². The minimum atomic E-state index is -0.370. The third-order valence-corrected chi connectivity index (χ3v) is 1.74. The van der Waals surface area contributed by atoms with Gasteiger partial charge >= 0.3 is 5.97 Å². The first-order chi connectivity index (χ1) is 5.77. The molecule has 0 aromatic heterocycles. The van der Waals surface area contributed by atoms with Crippen LogP contribution in [-0.2, 0) is 14.3 Å². The summed E-state index contributed by atoms with van der Waals surface area (Å²) in [6, 6.07) is 0. The highest BCUT2D eigenvalue weighted by molar-refractivity contribution is 5.88. The van der Waals surface area contributed by atoms with Crippen LogP contribution in [0.25, 0.3) is 0 Å². The predicted molar refractivity (Wildman–Crippen MR) is 39.6 cm³/mol. The van der Waals surface area contributed by atoms with Crippen LogP contribution in [0.15, 0.2) is 24.1 Å². The zero-order valence-electron chi connectivity index (χ0n) is 6.32. The smallest absolute Gasteiger partial charge is 0.332 e. The molecule has 0 saturated carbocycles. The van der Waals surface area contributed by atoms with Gasteiger partial charge < -0.3 is 4.74 Å². The Morgan fingerprint density at radius 2 is 2.25 bits per heavy atom. The first-order valence-electron chi connectivity index (χ1n) is 3.65. The van der Waals surface area contributed by atoms with Crippen LogP contribution >= 0.6 is 0 Å². The second-order valence-electron chi connectivity index (χ2n) is 2.59. The van der Waals surface area contributed by atoms with Gasteiger partial charge in [0.15, 0.2) is 0 Å². The second kappa shape index (κ2) is 2.48. The molecule has 0 atom stereocenters. The Morgan fingerprint density at radius 3 is 3.08 bits per heavy atom. The fourth-order valence-corrected chi connectivity index (χ4v) is 1.18. The molecule has 0 aromatic rings. The van der Waals surface area contributed by atoms with Crippen molar-refractivity contribution in [1.82, 2.24) is 4.90 Å². The standard InChI is InChI=1S/C8H7NO3/c10-6-3-1-2-4-7-9(6)5-8(11)12-7/h1-2,4H,3,5H2. The predicted octanol–water partition coefficient (Wildman–Crippen LogP) is 0.173. The molecule has 62 valence electrons. The fraction of sp³-hybridized carbons (Fsp3) is 0.250. The van der Waals surface area contributed by atoms with E-state index in [0.29, 0.717) is 12.3 Å². The van der Waals surface area contributed by atoms with Gasteiger partial charge in [0.1, 0.15) is 6.54 Å². The number of hydrogen-bond donors (Lipinski definition) is 0. The van der Waals surface area contributed by atoms with Crippen molar-refractivity contribution in [2.45, 2.75) is 6.42 Å². The lowest BCUT2D eigenvalue weighted by atomic mass is 10.3. The number of esters is 1. The summed E-state index contributed by atoms with van der Waals surface area (Å²) in [5.74, 6) is -0.121. The average molecular weight is 165 g/mol. The van der Waals surface area contributed by atoms with Crippen LogP contribution in [0.3, 0.4) is 0 Å². The summed E-state index contributed by atoms with van der Waals surface area (Å²) in [5.41, 5.74) is 0. The molecule has 0 spiro atoms. The number of rotatable bonds is 0. The van der Waals surface area contributed by atoms with Gasteiger partial charge in [-0.2, -0.15) is 0 Å². The first kappa shape index (κ1) is 7.09. The van der Waals surface area contributed by atoms with Crippen molar-refractivity contribution in [3.05, 3.63) is 24.1 Å². The van der Waals surface area contributed by atoms with Gasteiger partial charge in [-0.15, -0.1) is 0 Å². The number of allylic oxidation sites excluding steroid dienone is 2. The van der Waals surface area contributed by atoms with Crippen LogP contribution in [-0.4, -0.2) is 23.3 Å². The Hall–Kier alpha value is -1.58. The lowest BCUT2D eigenvalue weighted by Gasteiger charge is -2.10. The molecule has 0 aromatic carbocycles. The van der Waals surface area contributed by atoms with E-state index < -0.39 is 0 Å². The number of amides is 1. The summed E-state index contributed by atoms with van der Waals surface area (Å²) in [5, 5.41) is 0. The topological polar surface area (TPSA) is 46.6 Å². The van der Waals surface area contributed by atoms with Gasteiger partial charge in [0, 0.05) is 6.42 Å². The van der Waals surface area contributed by atoms with Crippen LogP contribution in [0.5, 0.6) is 0 Å². The molecule has 12 heavy (non-hydrogen) atoms. The number of hydrogen-bond acceptors (Lipinski definition) is 3. The highest BCUT2D eigenvalue weighted by atomic mass is 16.6. The van der Waals surface area contributed by atoms with Gasteiger partial charge in [-0.1, -0.05) is 12.2 Å². The highest BCUT2D eigenvalue weighted by Crippen LogP contribution is 2.18. The molecular weight excluding hydrogens is 158 g/mol. The molecule has 4 nitrogen and oxygen atoms in total. The van der Waals surface area contributed by atoms with Crippen molar-refractivity contribution in [2.75, 3.05) is 6.54 Å². The van der Waals surface area contributed by atoms with Crippen molar-refractivity contribution in [3.63, 3.8) is 0 Å². The highest BCUT2D eigenvalue weighted by Gasteiger charge is 2.30. The fourth-order valence-electron chi connectivity index (χ4n) is 1.18. The van der Waals surface area contributed by atoms with Crippen LogP contribution in [0.1, 0.15) is 6.42 Å². The van der Waals surface area contributed by atoms with Crippen molar-refractivity contribution in [2.24, 2.45) is 0 Å². The number of nitrogens with zero attached hydrogens (tertiary/aromatic N) is 1. The van der Waals surface area contributed by atoms with E-state index in [9.17, 15) is 9.59 Å². The van der Waals surface area contributed by atoms with Gasteiger partial charge in [0.2, 0.25) is 11.8 Å². The Morgan fingerprint density at radius 1 is 1.42 bits per heavy atom. The van der Waals surface area contributed by atoms with E-state index in [1.54, 1.807) is 18.2 Å². The Kier molecular flexibility index (Phi) is 1.46. The lowest BCUT2D eigenvalue weighted by Crippen LogP contribution is -2.26. The van der Waals surface area contributed by atoms with E-state index in [-0.39, 0.29) is 18.4 Å². The van der Waals surface area contributed by atoms with E-state index in [1.165, 1.54) is 4.90 Å². The molecule has 2 rings (SSSR count). The Bertz CT molecular complexity index is 303. The Balaban J connectivity index is 2.33. The van der Waals surface area contributed by atoms with Crippen molar-refractivity contribution in [3.8, 4) is 0 Å². The molecule has 0 aliphatic carbocycles. The molecule has 1 amide bonds. The minimum Gasteiger partial charge on any atom is -0.408 e. The molecule has 0 unspecified atom stereocenters. The maximum Gasteiger partial charge on any atom is 0.332 e. The lowest BCUT2D eigenvalue weighted by molar-refractivity contribution is -0.134. The van der Waals surface area contributed by atoms with E-state index in [0.717, 1.165) is 0 Å². The molecule has 2 aliphatic heterocycles. The van der Waals surface area contributed by atoms with Gasteiger partial charge in [0.05, 0.1) is 0 Å². The molecule has 4 heteroatoms. The number of carbonyl (C=O) groups excluding carboxylic acids is 2. The molecule has 1 fully saturated rings. The summed E-state index contributed by atoms with van der Waals surface area (Å²) in [6.45, 7) is 0.0480. The monoisotopic (exact) mass is 165 g/mol. The average Bonchev–Trinajstić information content (AvgIpc) is 2.33. The molecular formula is C8H7NO3. The molecule has 2 aliphatic rings. The number of fused-ring (bicyclic) bond motifs is 1. The van der Waals surface area contributed by atoms with E-state index in [4.69, 9.17) is 4.74 Å². The normalized spacial score (nSPS) is 21.7. The number of carbonyl (C=O) groups is 2. The minimum absolute atomic E-state index is 0.0480. The van der Waals surface area contributed by atoms with Gasteiger partial charge in [-0.05, 0) is 6.08 Å². The van der Waals surface area contributed by atoms with Crippen molar-refractivity contribution >= 4 is 11.9 Å². The van der Waals surface area contributed by atoms with Gasteiger partial charge in [-0.3, -0.25) is 9.69 Å². The molecule has 2 heterocycles. The quantitative estimate of drug-likeness (QED) is 0.481. The van der Waals surface area contributed by atoms with E-state index >= 15 is 0 Å². The van der Waals surface area contributed by atoms with Crippen molar-refractivity contribution < 1.29 is 14.3 Å². The third-order valence-electron chi connectivity index (χ3n) is 1.74. The largest absolute Gasteiger partial charge is 0.408 e. The molecule has 1 saturated heterocycles. The van der Waals surface area contributed by atoms with Crippen LogP contribution in [0.2, 0.25) is 0 Å².